The zero-order valence-electron chi connectivity index (χ0n) is 8.18. The molecule has 5 heteroatoms. The largest absolute Gasteiger partial charge is 0.394 e. The van der Waals surface area contributed by atoms with E-state index in [0.29, 0.717) is 11.3 Å². The van der Waals surface area contributed by atoms with E-state index in [9.17, 15) is 4.79 Å². The second-order valence-electron chi connectivity index (χ2n) is 3.16. The molecule has 0 fully saturated rings. The van der Waals surface area contributed by atoms with Crippen molar-refractivity contribution in [3.63, 3.8) is 0 Å². The van der Waals surface area contributed by atoms with Crippen molar-refractivity contribution in [2.24, 2.45) is 5.73 Å². The predicted octanol–water partition coefficient (Wildman–Crippen LogP) is -0.449. The third-order valence-electron chi connectivity index (χ3n) is 1.90. The zero-order valence-corrected chi connectivity index (χ0v) is 8.18. The molecule has 0 aliphatic carbocycles. The molecule has 0 saturated carbocycles. The second kappa shape index (κ2) is 5.33. The van der Waals surface area contributed by atoms with Crippen LogP contribution in [0.5, 0.6) is 0 Å². The first-order chi connectivity index (χ1) is 7.13. The summed E-state index contributed by atoms with van der Waals surface area (Å²) in [7, 11) is 0. The number of carbonyl (C=O) groups excluding carboxylic acids is 1. The Labute approximate surface area is 87.5 Å². The Morgan fingerprint density at radius 3 is 2.87 bits per heavy atom. The van der Waals surface area contributed by atoms with Crippen molar-refractivity contribution in [1.82, 2.24) is 0 Å². The summed E-state index contributed by atoms with van der Waals surface area (Å²) in [4.78, 5) is 10.9. The van der Waals surface area contributed by atoms with Crippen molar-refractivity contribution in [1.29, 1.82) is 0 Å². The molecule has 0 aliphatic heterocycles. The average Bonchev–Trinajstić information content (AvgIpc) is 2.26. The van der Waals surface area contributed by atoms with Crippen LogP contribution in [0.2, 0.25) is 0 Å². The van der Waals surface area contributed by atoms with Crippen LogP contribution >= 0.6 is 0 Å². The minimum Gasteiger partial charge on any atom is -0.394 e. The molecule has 1 amide bonds. The summed E-state index contributed by atoms with van der Waals surface area (Å²) >= 11 is 0. The van der Waals surface area contributed by atoms with Crippen molar-refractivity contribution >= 4 is 11.6 Å². The van der Waals surface area contributed by atoms with Gasteiger partial charge in [0.15, 0.2) is 0 Å². The molecule has 0 bridgehead atoms. The highest BCUT2D eigenvalue weighted by molar-refractivity contribution is 5.93. The normalized spacial score (nSPS) is 12.1. The van der Waals surface area contributed by atoms with Gasteiger partial charge in [-0.25, -0.2) is 0 Å². The van der Waals surface area contributed by atoms with Crippen molar-refractivity contribution in [3.8, 4) is 0 Å². The van der Waals surface area contributed by atoms with Gasteiger partial charge in [0, 0.05) is 17.8 Å². The highest BCUT2D eigenvalue weighted by Gasteiger charge is 2.03. The molecule has 1 aromatic carbocycles. The van der Waals surface area contributed by atoms with Crippen molar-refractivity contribution in [2.75, 3.05) is 18.5 Å². The van der Waals surface area contributed by atoms with Crippen LogP contribution in [0.25, 0.3) is 0 Å². The fourth-order valence-corrected chi connectivity index (χ4v) is 1.08. The maximum atomic E-state index is 10.9. The molecular weight excluding hydrogens is 196 g/mol. The smallest absolute Gasteiger partial charge is 0.248 e. The third kappa shape index (κ3) is 3.57. The lowest BCUT2D eigenvalue weighted by atomic mass is 10.2. The molecule has 5 nitrogen and oxygen atoms in total. The van der Waals surface area contributed by atoms with Crippen molar-refractivity contribution in [2.45, 2.75) is 6.10 Å². The van der Waals surface area contributed by atoms with Crippen LogP contribution in [-0.4, -0.2) is 35.4 Å². The Morgan fingerprint density at radius 1 is 1.53 bits per heavy atom. The molecule has 1 atom stereocenters. The van der Waals surface area contributed by atoms with Crippen LogP contribution in [0.3, 0.4) is 0 Å². The summed E-state index contributed by atoms with van der Waals surface area (Å²) in [5.41, 5.74) is 6.19. The number of aliphatic hydroxyl groups excluding tert-OH is 2. The molecule has 0 aliphatic rings. The standard InChI is InChI=1S/C10H14N2O3/c11-10(15)7-2-1-3-8(4-7)12-5-9(14)6-13/h1-4,9,12-14H,5-6H2,(H2,11,15)/t9-/m0/s1. The Hall–Kier alpha value is -1.59. The number of nitrogens with two attached hydrogens (primary N) is 1. The van der Waals surface area contributed by atoms with Crippen molar-refractivity contribution in [3.05, 3.63) is 29.8 Å². The Bertz CT molecular complexity index is 341. The monoisotopic (exact) mass is 210 g/mol. The number of hydrogen-bond donors (Lipinski definition) is 4. The Balaban J connectivity index is 2.62. The van der Waals surface area contributed by atoms with E-state index in [0.717, 1.165) is 0 Å². The second-order valence-corrected chi connectivity index (χ2v) is 3.16. The topological polar surface area (TPSA) is 95.6 Å². The SMILES string of the molecule is NC(=O)c1cccc(NC[C@H](O)CO)c1. The summed E-state index contributed by atoms with van der Waals surface area (Å²) in [5.74, 6) is -0.499. The lowest BCUT2D eigenvalue weighted by Crippen LogP contribution is -2.23. The molecule has 0 radical (unpaired) electrons. The predicted molar refractivity (Wildman–Crippen MR) is 56.5 cm³/mol. The fraction of sp³-hybridized carbons (Fsp3) is 0.300. The quantitative estimate of drug-likeness (QED) is 0.529. The van der Waals surface area contributed by atoms with Gasteiger partial charge in [-0.1, -0.05) is 6.07 Å². The number of carbonyl (C=O) groups is 1. The fourth-order valence-electron chi connectivity index (χ4n) is 1.08. The molecular formula is C10H14N2O3. The van der Waals surface area contributed by atoms with Gasteiger partial charge in [0.1, 0.15) is 0 Å². The van der Waals surface area contributed by atoms with Gasteiger partial charge < -0.3 is 21.3 Å². The molecule has 0 unspecified atom stereocenters. The lowest BCUT2D eigenvalue weighted by molar-refractivity contribution is 0.100. The van der Waals surface area contributed by atoms with E-state index in [1.54, 1.807) is 24.3 Å². The number of hydrogen-bond acceptors (Lipinski definition) is 4. The molecule has 0 heterocycles. The number of aliphatic hydroxyl groups is 2. The first-order valence-electron chi connectivity index (χ1n) is 4.56. The van der Waals surface area contributed by atoms with E-state index in [1.807, 2.05) is 0 Å². The molecule has 1 aromatic rings. The van der Waals surface area contributed by atoms with Gasteiger partial charge in [-0.05, 0) is 18.2 Å². The van der Waals surface area contributed by atoms with Crippen LogP contribution in [0, 0.1) is 0 Å². The molecule has 5 N–H and O–H groups in total. The van der Waals surface area contributed by atoms with Gasteiger partial charge in [-0.2, -0.15) is 0 Å². The van der Waals surface area contributed by atoms with Crippen LogP contribution < -0.4 is 11.1 Å². The number of anilines is 1. The van der Waals surface area contributed by atoms with Crippen LogP contribution in [0.1, 0.15) is 10.4 Å². The molecule has 1 rings (SSSR count). The van der Waals surface area contributed by atoms with Gasteiger partial charge in [0.2, 0.25) is 5.91 Å². The summed E-state index contributed by atoms with van der Waals surface area (Å²) in [6, 6.07) is 6.63. The highest BCUT2D eigenvalue weighted by Crippen LogP contribution is 2.09. The average molecular weight is 210 g/mol. The maximum absolute atomic E-state index is 10.9. The van der Waals surface area contributed by atoms with Gasteiger partial charge in [0.25, 0.3) is 0 Å². The van der Waals surface area contributed by atoms with E-state index in [-0.39, 0.29) is 13.2 Å². The number of nitrogens with one attached hydrogen (secondary N) is 1. The molecule has 15 heavy (non-hydrogen) atoms. The molecule has 82 valence electrons. The van der Waals surface area contributed by atoms with Crippen LogP contribution in [0.15, 0.2) is 24.3 Å². The van der Waals surface area contributed by atoms with Gasteiger partial charge in [0.05, 0.1) is 12.7 Å². The van der Waals surface area contributed by atoms with E-state index < -0.39 is 12.0 Å². The van der Waals surface area contributed by atoms with E-state index in [4.69, 9.17) is 15.9 Å². The highest BCUT2D eigenvalue weighted by atomic mass is 16.3. The summed E-state index contributed by atoms with van der Waals surface area (Å²) in [5, 5.41) is 20.6. The number of amides is 1. The van der Waals surface area contributed by atoms with Gasteiger partial charge in [-0.3, -0.25) is 4.79 Å². The Morgan fingerprint density at radius 2 is 2.27 bits per heavy atom. The summed E-state index contributed by atoms with van der Waals surface area (Å²) in [6.45, 7) is -0.0821. The number of benzene rings is 1. The van der Waals surface area contributed by atoms with Crippen molar-refractivity contribution < 1.29 is 15.0 Å². The van der Waals surface area contributed by atoms with Crippen LogP contribution in [-0.2, 0) is 0 Å². The first kappa shape index (κ1) is 11.5. The lowest BCUT2D eigenvalue weighted by Gasteiger charge is -2.10. The maximum Gasteiger partial charge on any atom is 0.248 e. The molecule has 0 spiro atoms. The molecule has 0 aromatic heterocycles. The zero-order chi connectivity index (χ0) is 11.3. The minimum atomic E-state index is -0.817. The van der Waals surface area contributed by atoms with Gasteiger partial charge in [-0.15, -0.1) is 0 Å². The summed E-state index contributed by atoms with van der Waals surface area (Å²) in [6.07, 6.45) is -0.817. The third-order valence-corrected chi connectivity index (χ3v) is 1.90. The van der Waals surface area contributed by atoms with Crippen LogP contribution in [0.4, 0.5) is 5.69 Å². The Kier molecular flexibility index (Phi) is 4.08. The van der Waals surface area contributed by atoms with E-state index in [2.05, 4.69) is 5.32 Å². The number of rotatable bonds is 5. The van der Waals surface area contributed by atoms with Gasteiger partial charge >= 0.3 is 0 Å². The van der Waals surface area contributed by atoms with E-state index in [1.165, 1.54) is 0 Å². The molecule has 0 saturated heterocycles. The minimum absolute atomic E-state index is 0.221. The first-order valence-corrected chi connectivity index (χ1v) is 4.56. The van der Waals surface area contributed by atoms with E-state index >= 15 is 0 Å². The summed E-state index contributed by atoms with van der Waals surface area (Å²) < 4.78 is 0. The number of primary amides is 1.